The minimum absolute atomic E-state index is 0.743. The highest BCUT2D eigenvalue weighted by molar-refractivity contribution is 6.13. The maximum Gasteiger partial charge on any atom is 0.0390 e. The lowest BCUT2D eigenvalue weighted by atomic mass is 9.97. The number of benzene rings is 3. The van der Waals surface area contributed by atoms with Crippen LogP contribution in [0.4, 0.5) is 0 Å². The molecule has 0 amide bonds. The number of aliphatic imine (C=N–C) groups is 1. The Labute approximate surface area is 125 Å². The van der Waals surface area contributed by atoms with E-state index in [9.17, 15) is 0 Å². The van der Waals surface area contributed by atoms with E-state index in [-0.39, 0.29) is 0 Å². The van der Waals surface area contributed by atoms with Crippen LogP contribution in [0, 0.1) is 0 Å². The van der Waals surface area contributed by atoms with Crippen LogP contribution in [0.3, 0.4) is 0 Å². The number of fused-ring (bicyclic) bond motifs is 2. The Hall–Kier alpha value is -2.19. The van der Waals surface area contributed by atoms with Gasteiger partial charge in [0.2, 0.25) is 0 Å². The molecule has 3 rings (SSSR count). The molecule has 0 aliphatic carbocycles. The Morgan fingerprint density at radius 1 is 0.857 bits per heavy atom. The maximum absolute atomic E-state index is 5.52. The van der Waals surface area contributed by atoms with Gasteiger partial charge >= 0.3 is 0 Å². The molecule has 2 N–H and O–H groups in total. The Morgan fingerprint density at radius 3 is 2.10 bits per heavy atom. The molecular formula is C19H20N2. The van der Waals surface area contributed by atoms with E-state index in [1.165, 1.54) is 27.1 Å². The SMILES string of the molecule is NCCCCN=Cc1c2ccccc2cc2ccccc12. The summed E-state index contributed by atoms with van der Waals surface area (Å²) in [7, 11) is 0. The predicted molar refractivity (Wildman–Crippen MR) is 92.2 cm³/mol. The van der Waals surface area contributed by atoms with Gasteiger partial charge in [-0.2, -0.15) is 0 Å². The normalized spacial score (nSPS) is 11.7. The average Bonchev–Trinajstić information content (AvgIpc) is 2.53. The first-order valence-electron chi connectivity index (χ1n) is 7.50. The smallest absolute Gasteiger partial charge is 0.0390 e. The first kappa shape index (κ1) is 13.8. The summed E-state index contributed by atoms with van der Waals surface area (Å²) in [5.41, 5.74) is 6.74. The van der Waals surface area contributed by atoms with Crippen LogP contribution in [0.25, 0.3) is 21.5 Å². The molecule has 0 bridgehead atoms. The van der Waals surface area contributed by atoms with Crippen LogP contribution in [0.5, 0.6) is 0 Å². The molecule has 106 valence electrons. The zero-order valence-electron chi connectivity index (χ0n) is 12.1. The van der Waals surface area contributed by atoms with Crippen molar-refractivity contribution >= 4 is 27.8 Å². The van der Waals surface area contributed by atoms with Gasteiger partial charge in [0.1, 0.15) is 0 Å². The monoisotopic (exact) mass is 276 g/mol. The van der Waals surface area contributed by atoms with Gasteiger partial charge in [0, 0.05) is 18.3 Å². The van der Waals surface area contributed by atoms with Crippen molar-refractivity contribution in [1.82, 2.24) is 0 Å². The van der Waals surface area contributed by atoms with Crippen molar-refractivity contribution in [3.8, 4) is 0 Å². The lowest BCUT2D eigenvalue weighted by Crippen LogP contribution is -1.99. The fourth-order valence-electron chi connectivity index (χ4n) is 2.69. The summed E-state index contributed by atoms with van der Waals surface area (Å²) in [6.07, 6.45) is 4.12. The van der Waals surface area contributed by atoms with E-state index in [0.29, 0.717) is 0 Å². The van der Waals surface area contributed by atoms with Crippen LogP contribution in [0.2, 0.25) is 0 Å². The highest BCUT2D eigenvalue weighted by Crippen LogP contribution is 2.27. The zero-order valence-corrected chi connectivity index (χ0v) is 12.1. The molecule has 0 atom stereocenters. The van der Waals surface area contributed by atoms with Gasteiger partial charge in [-0.05, 0) is 47.0 Å². The number of rotatable bonds is 5. The van der Waals surface area contributed by atoms with Crippen LogP contribution < -0.4 is 5.73 Å². The van der Waals surface area contributed by atoms with Crippen LogP contribution >= 0.6 is 0 Å². The minimum atomic E-state index is 0.743. The molecule has 0 aliphatic heterocycles. The van der Waals surface area contributed by atoms with Gasteiger partial charge in [-0.1, -0.05) is 48.5 Å². The summed E-state index contributed by atoms with van der Waals surface area (Å²) in [6, 6.07) is 19.2. The third kappa shape index (κ3) is 2.96. The summed E-state index contributed by atoms with van der Waals surface area (Å²) < 4.78 is 0. The van der Waals surface area contributed by atoms with Gasteiger partial charge in [0.25, 0.3) is 0 Å². The average molecular weight is 276 g/mol. The number of hydrogen-bond donors (Lipinski definition) is 1. The van der Waals surface area contributed by atoms with Crippen molar-refractivity contribution in [3.63, 3.8) is 0 Å². The molecule has 0 aliphatic rings. The summed E-state index contributed by atoms with van der Waals surface area (Å²) in [6.45, 7) is 1.58. The molecule has 2 nitrogen and oxygen atoms in total. The molecule has 2 heteroatoms. The van der Waals surface area contributed by atoms with E-state index in [0.717, 1.165) is 25.9 Å². The highest BCUT2D eigenvalue weighted by Gasteiger charge is 2.04. The molecule has 0 unspecified atom stereocenters. The van der Waals surface area contributed by atoms with Gasteiger partial charge in [0.15, 0.2) is 0 Å². The zero-order chi connectivity index (χ0) is 14.5. The van der Waals surface area contributed by atoms with E-state index in [1.54, 1.807) is 0 Å². The number of nitrogens with two attached hydrogens (primary N) is 1. The second-order valence-electron chi connectivity index (χ2n) is 5.26. The fraction of sp³-hybridized carbons (Fsp3) is 0.211. The summed E-state index contributed by atoms with van der Waals surface area (Å²) >= 11 is 0. The van der Waals surface area contributed by atoms with Crippen LogP contribution in [0.15, 0.2) is 59.6 Å². The van der Waals surface area contributed by atoms with Gasteiger partial charge in [-0.3, -0.25) is 4.99 Å². The van der Waals surface area contributed by atoms with E-state index >= 15 is 0 Å². The Morgan fingerprint density at radius 2 is 1.48 bits per heavy atom. The molecule has 21 heavy (non-hydrogen) atoms. The number of hydrogen-bond acceptors (Lipinski definition) is 2. The predicted octanol–water partition coefficient (Wildman–Crippen LogP) is 4.15. The molecule has 0 saturated carbocycles. The van der Waals surface area contributed by atoms with Gasteiger partial charge in [-0.25, -0.2) is 0 Å². The number of nitrogens with zero attached hydrogens (tertiary/aromatic N) is 1. The van der Waals surface area contributed by atoms with Gasteiger partial charge in [-0.15, -0.1) is 0 Å². The third-order valence-corrected chi connectivity index (χ3v) is 3.77. The highest BCUT2D eigenvalue weighted by atomic mass is 14.7. The van der Waals surface area contributed by atoms with E-state index < -0.39 is 0 Å². The van der Waals surface area contributed by atoms with Crippen LogP contribution in [0.1, 0.15) is 18.4 Å². The van der Waals surface area contributed by atoms with Crippen molar-refractivity contribution in [2.75, 3.05) is 13.1 Å². The van der Waals surface area contributed by atoms with E-state index in [4.69, 9.17) is 5.73 Å². The quantitative estimate of drug-likeness (QED) is 0.424. The van der Waals surface area contributed by atoms with Crippen molar-refractivity contribution in [3.05, 3.63) is 60.2 Å². The van der Waals surface area contributed by atoms with Crippen molar-refractivity contribution in [2.24, 2.45) is 10.7 Å². The molecule has 0 spiro atoms. The molecule has 0 fully saturated rings. The molecule has 0 radical (unpaired) electrons. The van der Waals surface area contributed by atoms with Crippen LogP contribution in [-0.2, 0) is 0 Å². The Balaban J connectivity index is 2.07. The van der Waals surface area contributed by atoms with Crippen LogP contribution in [-0.4, -0.2) is 19.3 Å². The molecule has 0 aromatic heterocycles. The topological polar surface area (TPSA) is 38.4 Å². The Bertz CT molecular complexity index is 721. The van der Waals surface area contributed by atoms with Gasteiger partial charge < -0.3 is 5.73 Å². The lowest BCUT2D eigenvalue weighted by Gasteiger charge is -2.07. The first-order valence-corrected chi connectivity index (χ1v) is 7.50. The van der Waals surface area contributed by atoms with Gasteiger partial charge in [0.05, 0.1) is 0 Å². The largest absolute Gasteiger partial charge is 0.330 e. The minimum Gasteiger partial charge on any atom is -0.330 e. The first-order chi connectivity index (χ1) is 10.4. The van der Waals surface area contributed by atoms with Crippen molar-refractivity contribution in [1.29, 1.82) is 0 Å². The summed E-state index contributed by atoms with van der Waals surface area (Å²) in [5.74, 6) is 0. The molecule has 3 aromatic carbocycles. The third-order valence-electron chi connectivity index (χ3n) is 3.77. The van der Waals surface area contributed by atoms with E-state index in [2.05, 4.69) is 59.6 Å². The maximum atomic E-state index is 5.52. The number of unbranched alkanes of at least 4 members (excludes halogenated alkanes) is 1. The van der Waals surface area contributed by atoms with Crippen molar-refractivity contribution < 1.29 is 0 Å². The summed E-state index contributed by atoms with van der Waals surface area (Å²) in [4.78, 5) is 4.60. The molecule has 3 aromatic rings. The molecule has 0 saturated heterocycles. The lowest BCUT2D eigenvalue weighted by molar-refractivity contribution is 0.757. The fourth-order valence-corrected chi connectivity index (χ4v) is 2.69. The standard InChI is InChI=1S/C19H20N2/c20-11-5-6-12-21-14-19-17-9-3-1-7-15(17)13-16-8-2-4-10-18(16)19/h1-4,7-10,13-14H,5-6,11-12,20H2. The summed E-state index contributed by atoms with van der Waals surface area (Å²) in [5, 5.41) is 5.05. The molecular weight excluding hydrogens is 256 g/mol. The second-order valence-corrected chi connectivity index (χ2v) is 5.26. The van der Waals surface area contributed by atoms with Crippen molar-refractivity contribution in [2.45, 2.75) is 12.8 Å². The molecule has 0 heterocycles. The second kappa shape index (κ2) is 6.51. The Kier molecular flexibility index (Phi) is 4.27. The van der Waals surface area contributed by atoms with E-state index in [1.807, 2.05) is 6.21 Å².